The molecule has 2 N–H and O–H groups in total. The first-order chi connectivity index (χ1) is 9.50. The summed E-state index contributed by atoms with van der Waals surface area (Å²) in [6.45, 7) is 3.66. The van der Waals surface area contributed by atoms with E-state index in [2.05, 4.69) is 17.4 Å². The van der Waals surface area contributed by atoms with Crippen LogP contribution in [0.5, 0.6) is 0 Å². The molecule has 1 aromatic carbocycles. The molecule has 1 saturated carbocycles. The topological polar surface area (TPSA) is 49.3 Å². The maximum atomic E-state index is 12.9. The fourth-order valence-corrected chi connectivity index (χ4v) is 3.03. The summed E-state index contributed by atoms with van der Waals surface area (Å²) in [6, 6.07) is 10.1. The molecule has 0 aromatic heterocycles. The Morgan fingerprint density at radius 3 is 2.35 bits per heavy atom. The highest BCUT2D eigenvalue weighted by Gasteiger charge is 2.42. The molecule has 0 heterocycles. The van der Waals surface area contributed by atoms with Crippen molar-refractivity contribution in [1.82, 2.24) is 5.32 Å². The summed E-state index contributed by atoms with van der Waals surface area (Å²) < 4.78 is 0. The second kappa shape index (κ2) is 5.96. The van der Waals surface area contributed by atoms with Gasteiger partial charge in [-0.2, -0.15) is 0 Å². The van der Waals surface area contributed by atoms with Gasteiger partial charge in [0.25, 0.3) is 0 Å². The van der Waals surface area contributed by atoms with Crippen molar-refractivity contribution >= 4 is 5.91 Å². The van der Waals surface area contributed by atoms with E-state index in [1.165, 1.54) is 6.42 Å². The minimum atomic E-state index is -0.573. The summed E-state index contributed by atoms with van der Waals surface area (Å²) in [6.07, 6.45) is 5.16. The lowest BCUT2D eigenvalue weighted by Gasteiger charge is -2.39. The van der Waals surface area contributed by atoms with Crippen LogP contribution in [0.4, 0.5) is 0 Å². The maximum absolute atomic E-state index is 12.9. The van der Waals surface area contributed by atoms with Crippen LogP contribution in [0, 0.1) is 0 Å². The highest BCUT2D eigenvalue weighted by atomic mass is 16.3. The van der Waals surface area contributed by atoms with Crippen molar-refractivity contribution in [1.29, 1.82) is 0 Å². The molecule has 2 rings (SSSR count). The molecule has 0 saturated heterocycles. The van der Waals surface area contributed by atoms with Crippen LogP contribution in [0.15, 0.2) is 30.3 Å². The number of carbonyl (C=O) groups is 1. The molecule has 110 valence electrons. The Morgan fingerprint density at radius 1 is 1.20 bits per heavy atom. The standard InChI is InChI=1S/C17H25NO2/c1-16(2,13-19)18-15(20)17(11-7-4-8-12-17)14-9-5-3-6-10-14/h3,5-6,9-10,19H,4,7-8,11-13H2,1-2H3,(H,18,20). The Bertz CT molecular complexity index is 447. The van der Waals surface area contributed by atoms with Crippen molar-refractivity contribution in [3.63, 3.8) is 0 Å². The number of amides is 1. The molecule has 0 bridgehead atoms. The van der Waals surface area contributed by atoms with Gasteiger partial charge in [0, 0.05) is 0 Å². The summed E-state index contributed by atoms with van der Waals surface area (Å²) in [5, 5.41) is 12.4. The van der Waals surface area contributed by atoms with E-state index in [1.54, 1.807) is 0 Å². The molecule has 1 amide bonds. The van der Waals surface area contributed by atoms with E-state index < -0.39 is 11.0 Å². The first-order valence-corrected chi connectivity index (χ1v) is 7.49. The molecule has 0 unspecified atom stereocenters. The predicted molar refractivity (Wildman–Crippen MR) is 80.5 cm³/mol. The van der Waals surface area contributed by atoms with Gasteiger partial charge in [-0.05, 0) is 32.3 Å². The second-order valence-electron chi connectivity index (χ2n) is 6.50. The summed E-state index contributed by atoms with van der Waals surface area (Å²) in [5.74, 6) is 0.0578. The molecular formula is C17H25NO2. The molecule has 0 spiro atoms. The zero-order valence-corrected chi connectivity index (χ0v) is 12.5. The molecule has 1 fully saturated rings. The normalized spacial score (nSPS) is 18.6. The Labute approximate surface area is 121 Å². The fraction of sp³-hybridized carbons (Fsp3) is 0.588. The quantitative estimate of drug-likeness (QED) is 0.887. The van der Waals surface area contributed by atoms with Gasteiger partial charge in [-0.1, -0.05) is 49.6 Å². The molecule has 20 heavy (non-hydrogen) atoms. The van der Waals surface area contributed by atoms with Gasteiger partial charge in [0.2, 0.25) is 5.91 Å². The van der Waals surface area contributed by atoms with Crippen molar-refractivity contribution < 1.29 is 9.90 Å². The number of aliphatic hydroxyl groups excluding tert-OH is 1. The van der Waals surface area contributed by atoms with Crippen LogP contribution < -0.4 is 5.32 Å². The minimum Gasteiger partial charge on any atom is -0.394 e. The third-order valence-corrected chi connectivity index (χ3v) is 4.32. The van der Waals surface area contributed by atoms with Crippen LogP contribution in [0.3, 0.4) is 0 Å². The number of nitrogens with one attached hydrogen (secondary N) is 1. The van der Waals surface area contributed by atoms with Crippen LogP contribution in [-0.2, 0) is 10.2 Å². The van der Waals surface area contributed by atoms with Gasteiger partial charge in [0.1, 0.15) is 0 Å². The summed E-state index contributed by atoms with van der Waals surface area (Å²) in [5.41, 5.74) is 0.105. The summed E-state index contributed by atoms with van der Waals surface area (Å²) >= 11 is 0. The third kappa shape index (κ3) is 3.04. The molecular weight excluding hydrogens is 250 g/mol. The summed E-state index contributed by atoms with van der Waals surface area (Å²) in [7, 11) is 0. The lowest BCUT2D eigenvalue weighted by molar-refractivity contribution is -0.130. The first kappa shape index (κ1) is 15.0. The van der Waals surface area contributed by atoms with E-state index in [1.807, 2.05) is 32.0 Å². The number of benzene rings is 1. The Balaban J connectivity index is 2.30. The molecule has 1 aliphatic rings. The smallest absolute Gasteiger partial charge is 0.231 e. The SMILES string of the molecule is CC(C)(CO)NC(=O)C1(c2ccccc2)CCCCC1. The monoisotopic (exact) mass is 275 g/mol. The number of hydrogen-bond acceptors (Lipinski definition) is 2. The van der Waals surface area contributed by atoms with Crippen molar-refractivity contribution in [2.45, 2.75) is 56.9 Å². The van der Waals surface area contributed by atoms with E-state index >= 15 is 0 Å². The van der Waals surface area contributed by atoms with Gasteiger partial charge in [-0.25, -0.2) is 0 Å². The average Bonchev–Trinajstić information content (AvgIpc) is 2.48. The fourth-order valence-electron chi connectivity index (χ4n) is 3.03. The molecule has 0 radical (unpaired) electrons. The predicted octanol–water partition coefficient (Wildman–Crippen LogP) is 2.78. The minimum absolute atomic E-state index is 0.0520. The first-order valence-electron chi connectivity index (χ1n) is 7.49. The van der Waals surface area contributed by atoms with Gasteiger partial charge in [0.05, 0.1) is 17.6 Å². The zero-order chi connectivity index (χ0) is 14.6. The van der Waals surface area contributed by atoms with E-state index in [4.69, 9.17) is 0 Å². The van der Waals surface area contributed by atoms with E-state index in [0.717, 1.165) is 31.2 Å². The molecule has 1 aliphatic carbocycles. The molecule has 3 nitrogen and oxygen atoms in total. The van der Waals surface area contributed by atoms with Gasteiger partial charge in [-0.3, -0.25) is 4.79 Å². The molecule has 3 heteroatoms. The van der Waals surface area contributed by atoms with Crippen molar-refractivity contribution in [3.05, 3.63) is 35.9 Å². The maximum Gasteiger partial charge on any atom is 0.231 e. The van der Waals surface area contributed by atoms with Gasteiger partial charge in [0.15, 0.2) is 0 Å². The molecule has 0 atom stereocenters. The number of aliphatic hydroxyl groups is 1. The van der Waals surface area contributed by atoms with Crippen molar-refractivity contribution in [2.24, 2.45) is 0 Å². The third-order valence-electron chi connectivity index (χ3n) is 4.32. The van der Waals surface area contributed by atoms with E-state index in [9.17, 15) is 9.90 Å². The lowest BCUT2D eigenvalue weighted by atomic mass is 9.68. The van der Waals surface area contributed by atoms with Gasteiger partial charge in [-0.15, -0.1) is 0 Å². The highest BCUT2D eigenvalue weighted by molar-refractivity contribution is 5.89. The Hall–Kier alpha value is -1.35. The number of carbonyl (C=O) groups excluding carboxylic acids is 1. The van der Waals surface area contributed by atoms with Crippen LogP contribution in [0.1, 0.15) is 51.5 Å². The van der Waals surface area contributed by atoms with Crippen LogP contribution >= 0.6 is 0 Å². The zero-order valence-electron chi connectivity index (χ0n) is 12.5. The lowest BCUT2D eigenvalue weighted by Crippen LogP contribution is -2.54. The Kier molecular flexibility index (Phi) is 4.48. The second-order valence-corrected chi connectivity index (χ2v) is 6.50. The van der Waals surface area contributed by atoms with Gasteiger partial charge < -0.3 is 10.4 Å². The van der Waals surface area contributed by atoms with E-state index in [-0.39, 0.29) is 12.5 Å². The largest absolute Gasteiger partial charge is 0.394 e. The average molecular weight is 275 g/mol. The van der Waals surface area contributed by atoms with Crippen LogP contribution in [-0.4, -0.2) is 23.2 Å². The van der Waals surface area contributed by atoms with Gasteiger partial charge >= 0.3 is 0 Å². The van der Waals surface area contributed by atoms with Crippen LogP contribution in [0.25, 0.3) is 0 Å². The Morgan fingerprint density at radius 2 is 1.80 bits per heavy atom. The van der Waals surface area contributed by atoms with Crippen molar-refractivity contribution in [3.8, 4) is 0 Å². The van der Waals surface area contributed by atoms with Crippen LogP contribution in [0.2, 0.25) is 0 Å². The summed E-state index contributed by atoms with van der Waals surface area (Å²) in [4.78, 5) is 12.9. The molecule has 1 aromatic rings. The number of rotatable bonds is 4. The van der Waals surface area contributed by atoms with E-state index in [0.29, 0.717) is 0 Å². The number of hydrogen-bond donors (Lipinski definition) is 2. The highest BCUT2D eigenvalue weighted by Crippen LogP contribution is 2.40. The van der Waals surface area contributed by atoms with Crippen molar-refractivity contribution in [2.75, 3.05) is 6.61 Å². The molecule has 0 aliphatic heterocycles.